The van der Waals surface area contributed by atoms with Gasteiger partial charge in [-0.1, -0.05) is 36.8 Å². The lowest BCUT2D eigenvalue weighted by Gasteiger charge is -2.16. The van der Waals surface area contributed by atoms with Gasteiger partial charge in [0.15, 0.2) is 0 Å². The van der Waals surface area contributed by atoms with Crippen molar-refractivity contribution in [1.82, 2.24) is 9.97 Å². The standard InChI is InChI=1S/C15H19N3/c1-3-14(18-15-16-9-4-10-17-15)11-13-7-5-12(2)6-8-13/h4-10,14H,3,11H2,1-2H3,(H,16,17,18). The first-order valence-corrected chi connectivity index (χ1v) is 6.37. The van der Waals surface area contributed by atoms with Crippen LogP contribution in [0.4, 0.5) is 5.95 Å². The van der Waals surface area contributed by atoms with Crippen LogP contribution in [-0.2, 0) is 6.42 Å². The van der Waals surface area contributed by atoms with E-state index in [1.54, 1.807) is 12.4 Å². The number of aromatic nitrogens is 2. The van der Waals surface area contributed by atoms with Crippen LogP contribution in [0.3, 0.4) is 0 Å². The minimum Gasteiger partial charge on any atom is -0.351 e. The minimum absolute atomic E-state index is 0.370. The highest BCUT2D eigenvalue weighted by Crippen LogP contribution is 2.10. The molecule has 0 aliphatic rings. The van der Waals surface area contributed by atoms with Gasteiger partial charge in [-0.3, -0.25) is 0 Å². The third-order valence-corrected chi connectivity index (χ3v) is 2.99. The van der Waals surface area contributed by atoms with E-state index in [2.05, 4.69) is 53.4 Å². The minimum atomic E-state index is 0.370. The van der Waals surface area contributed by atoms with Crippen LogP contribution in [0.1, 0.15) is 24.5 Å². The summed E-state index contributed by atoms with van der Waals surface area (Å²) in [6, 6.07) is 10.9. The molecule has 0 bridgehead atoms. The van der Waals surface area contributed by atoms with Gasteiger partial charge in [-0.25, -0.2) is 9.97 Å². The van der Waals surface area contributed by atoms with E-state index in [0.29, 0.717) is 12.0 Å². The molecule has 3 nitrogen and oxygen atoms in total. The molecule has 0 amide bonds. The highest BCUT2D eigenvalue weighted by molar-refractivity contribution is 5.27. The van der Waals surface area contributed by atoms with E-state index in [0.717, 1.165) is 12.8 Å². The van der Waals surface area contributed by atoms with Crippen LogP contribution in [-0.4, -0.2) is 16.0 Å². The molecule has 2 aromatic rings. The van der Waals surface area contributed by atoms with Gasteiger partial charge >= 0.3 is 0 Å². The van der Waals surface area contributed by atoms with Gasteiger partial charge in [0, 0.05) is 18.4 Å². The van der Waals surface area contributed by atoms with E-state index in [1.807, 2.05) is 6.07 Å². The third kappa shape index (κ3) is 3.55. The van der Waals surface area contributed by atoms with Crippen molar-refractivity contribution < 1.29 is 0 Å². The van der Waals surface area contributed by atoms with Crippen LogP contribution in [0.2, 0.25) is 0 Å². The Hall–Kier alpha value is -1.90. The Labute approximate surface area is 108 Å². The van der Waals surface area contributed by atoms with E-state index in [9.17, 15) is 0 Å². The summed E-state index contributed by atoms with van der Waals surface area (Å²) in [5, 5.41) is 3.37. The molecule has 2 rings (SSSR count). The average molecular weight is 241 g/mol. The Morgan fingerprint density at radius 3 is 2.39 bits per heavy atom. The highest BCUT2D eigenvalue weighted by atomic mass is 15.1. The van der Waals surface area contributed by atoms with E-state index < -0.39 is 0 Å². The fraction of sp³-hybridized carbons (Fsp3) is 0.333. The van der Waals surface area contributed by atoms with Crippen LogP contribution in [0.15, 0.2) is 42.7 Å². The van der Waals surface area contributed by atoms with Gasteiger partial charge in [-0.15, -0.1) is 0 Å². The fourth-order valence-electron chi connectivity index (χ4n) is 1.86. The fourth-order valence-corrected chi connectivity index (χ4v) is 1.86. The zero-order chi connectivity index (χ0) is 12.8. The van der Waals surface area contributed by atoms with Crippen molar-refractivity contribution in [3.8, 4) is 0 Å². The Kier molecular flexibility index (Phi) is 4.29. The summed E-state index contributed by atoms with van der Waals surface area (Å²) in [6.07, 6.45) is 5.56. The number of nitrogens with one attached hydrogen (secondary N) is 1. The van der Waals surface area contributed by atoms with Crippen molar-refractivity contribution in [1.29, 1.82) is 0 Å². The molecule has 1 heterocycles. The highest BCUT2D eigenvalue weighted by Gasteiger charge is 2.08. The van der Waals surface area contributed by atoms with Crippen molar-refractivity contribution in [2.45, 2.75) is 32.7 Å². The van der Waals surface area contributed by atoms with Gasteiger partial charge in [0.25, 0.3) is 0 Å². The lowest BCUT2D eigenvalue weighted by molar-refractivity contribution is 0.682. The van der Waals surface area contributed by atoms with Crippen LogP contribution < -0.4 is 5.32 Å². The second kappa shape index (κ2) is 6.15. The summed E-state index contributed by atoms with van der Waals surface area (Å²) in [7, 11) is 0. The number of hydrogen-bond acceptors (Lipinski definition) is 3. The van der Waals surface area contributed by atoms with Gasteiger partial charge in [0.2, 0.25) is 5.95 Å². The molecule has 1 unspecified atom stereocenters. The average Bonchev–Trinajstić information content (AvgIpc) is 2.41. The summed E-state index contributed by atoms with van der Waals surface area (Å²) >= 11 is 0. The molecule has 94 valence electrons. The molecular weight excluding hydrogens is 222 g/mol. The number of aryl methyl sites for hydroxylation is 1. The predicted molar refractivity (Wildman–Crippen MR) is 74.6 cm³/mol. The number of benzene rings is 1. The number of hydrogen-bond donors (Lipinski definition) is 1. The Bertz CT molecular complexity index is 465. The smallest absolute Gasteiger partial charge is 0.222 e. The van der Waals surface area contributed by atoms with Gasteiger partial charge in [0.1, 0.15) is 0 Å². The number of rotatable bonds is 5. The summed E-state index contributed by atoms with van der Waals surface area (Å²) in [5.41, 5.74) is 2.64. The number of anilines is 1. The van der Waals surface area contributed by atoms with Crippen molar-refractivity contribution in [3.63, 3.8) is 0 Å². The second-order valence-electron chi connectivity index (χ2n) is 4.51. The molecule has 0 aliphatic heterocycles. The molecule has 0 aliphatic carbocycles. The second-order valence-corrected chi connectivity index (χ2v) is 4.51. The lowest BCUT2D eigenvalue weighted by Crippen LogP contribution is -2.22. The van der Waals surface area contributed by atoms with Crippen molar-refractivity contribution in [2.75, 3.05) is 5.32 Å². The first kappa shape index (κ1) is 12.6. The zero-order valence-electron chi connectivity index (χ0n) is 10.9. The normalized spacial score (nSPS) is 12.1. The van der Waals surface area contributed by atoms with Crippen LogP contribution in [0.25, 0.3) is 0 Å². The predicted octanol–water partition coefficient (Wildman–Crippen LogP) is 3.22. The van der Waals surface area contributed by atoms with Crippen molar-refractivity contribution >= 4 is 5.95 Å². The molecular formula is C15H19N3. The largest absolute Gasteiger partial charge is 0.351 e. The summed E-state index contributed by atoms with van der Waals surface area (Å²) in [6.45, 7) is 4.28. The van der Waals surface area contributed by atoms with Gasteiger partial charge in [-0.05, 0) is 31.4 Å². The molecule has 1 N–H and O–H groups in total. The maximum absolute atomic E-state index is 4.20. The Balaban J connectivity index is 1.99. The quantitative estimate of drug-likeness (QED) is 0.873. The zero-order valence-corrected chi connectivity index (χ0v) is 10.9. The molecule has 0 radical (unpaired) electrons. The first-order valence-electron chi connectivity index (χ1n) is 6.37. The molecule has 1 aromatic heterocycles. The molecule has 0 saturated carbocycles. The lowest BCUT2D eigenvalue weighted by atomic mass is 10.0. The van der Waals surface area contributed by atoms with E-state index in [4.69, 9.17) is 0 Å². The summed E-state index contributed by atoms with van der Waals surface area (Å²) in [4.78, 5) is 8.40. The molecule has 0 fully saturated rings. The van der Waals surface area contributed by atoms with Crippen molar-refractivity contribution in [2.24, 2.45) is 0 Å². The number of nitrogens with zero attached hydrogens (tertiary/aromatic N) is 2. The monoisotopic (exact) mass is 241 g/mol. The SMILES string of the molecule is CCC(Cc1ccc(C)cc1)Nc1ncccn1. The van der Waals surface area contributed by atoms with Crippen LogP contribution >= 0.6 is 0 Å². The van der Waals surface area contributed by atoms with Gasteiger partial charge < -0.3 is 5.32 Å². The summed E-state index contributed by atoms with van der Waals surface area (Å²) in [5.74, 6) is 0.705. The molecule has 1 aromatic carbocycles. The molecule has 0 spiro atoms. The van der Waals surface area contributed by atoms with Gasteiger partial charge in [-0.2, -0.15) is 0 Å². The molecule has 18 heavy (non-hydrogen) atoms. The molecule has 0 saturated heterocycles. The maximum Gasteiger partial charge on any atom is 0.222 e. The third-order valence-electron chi connectivity index (χ3n) is 2.99. The Morgan fingerprint density at radius 2 is 1.78 bits per heavy atom. The maximum atomic E-state index is 4.20. The van der Waals surface area contributed by atoms with Crippen molar-refractivity contribution in [3.05, 3.63) is 53.9 Å². The van der Waals surface area contributed by atoms with Crippen LogP contribution in [0.5, 0.6) is 0 Å². The molecule has 1 atom stereocenters. The topological polar surface area (TPSA) is 37.8 Å². The van der Waals surface area contributed by atoms with Gasteiger partial charge in [0.05, 0.1) is 0 Å². The first-order chi connectivity index (χ1) is 8.78. The van der Waals surface area contributed by atoms with E-state index in [-0.39, 0.29) is 0 Å². The van der Waals surface area contributed by atoms with Crippen LogP contribution in [0, 0.1) is 6.92 Å². The van der Waals surface area contributed by atoms with E-state index >= 15 is 0 Å². The Morgan fingerprint density at radius 1 is 1.11 bits per heavy atom. The van der Waals surface area contributed by atoms with E-state index in [1.165, 1.54) is 11.1 Å². The summed E-state index contributed by atoms with van der Waals surface area (Å²) < 4.78 is 0. The molecule has 3 heteroatoms.